The van der Waals surface area contributed by atoms with Gasteiger partial charge in [-0.15, -0.1) is 0 Å². The fourth-order valence-corrected chi connectivity index (χ4v) is 6.56. The van der Waals surface area contributed by atoms with Gasteiger partial charge in [-0.25, -0.2) is 0 Å². The number of benzene rings is 1. The van der Waals surface area contributed by atoms with Gasteiger partial charge in [0.1, 0.15) is 4.32 Å². The molecule has 188 valence electrons. The summed E-state index contributed by atoms with van der Waals surface area (Å²) >= 11 is 6.69. The van der Waals surface area contributed by atoms with Gasteiger partial charge in [0.05, 0.1) is 19.1 Å². The van der Waals surface area contributed by atoms with Crippen LogP contribution in [0.1, 0.15) is 30.0 Å². The van der Waals surface area contributed by atoms with E-state index in [-0.39, 0.29) is 42.2 Å². The summed E-state index contributed by atoms with van der Waals surface area (Å²) in [6.45, 7) is 2.11. The molecule has 5 rings (SSSR count). The minimum atomic E-state index is -0.198. The molecule has 10 heteroatoms. The second-order valence-corrected chi connectivity index (χ2v) is 10.9. The van der Waals surface area contributed by atoms with Gasteiger partial charge in [-0.2, -0.15) is 0 Å². The Labute approximate surface area is 218 Å². The number of aromatic nitrogens is 1. The molecular formula is C26H27N3O5S2. The molecule has 2 fully saturated rings. The number of fused-ring (bicyclic) bond motifs is 4. The van der Waals surface area contributed by atoms with Crippen molar-refractivity contribution in [3.63, 3.8) is 0 Å². The summed E-state index contributed by atoms with van der Waals surface area (Å²) in [5.41, 5.74) is 1.83. The zero-order valence-electron chi connectivity index (χ0n) is 20.1. The summed E-state index contributed by atoms with van der Waals surface area (Å²) in [6.07, 6.45) is 2.97. The minimum Gasteiger partial charge on any atom is -0.493 e. The van der Waals surface area contributed by atoms with Crippen LogP contribution in [0.5, 0.6) is 11.5 Å². The topological polar surface area (TPSA) is 81.1 Å². The van der Waals surface area contributed by atoms with E-state index in [1.165, 1.54) is 16.7 Å². The van der Waals surface area contributed by atoms with Gasteiger partial charge in [0.15, 0.2) is 11.5 Å². The van der Waals surface area contributed by atoms with Gasteiger partial charge in [-0.3, -0.25) is 19.3 Å². The van der Waals surface area contributed by atoms with Crippen LogP contribution >= 0.6 is 24.0 Å². The molecular weight excluding hydrogens is 498 g/mol. The monoisotopic (exact) mass is 525 g/mol. The molecule has 0 N–H and O–H groups in total. The van der Waals surface area contributed by atoms with Crippen molar-refractivity contribution in [1.29, 1.82) is 0 Å². The number of hydrogen-bond acceptors (Lipinski definition) is 7. The van der Waals surface area contributed by atoms with E-state index in [1.54, 1.807) is 44.6 Å². The Bertz CT molecular complexity index is 1320. The van der Waals surface area contributed by atoms with Crippen LogP contribution in [0.3, 0.4) is 0 Å². The lowest BCUT2D eigenvalue weighted by molar-refractivity contribution is -0.134. The van der Waals surface area contributed by atoms with Crippen LogP contribution in [0.2, 0.25) is 0 Å². The largest absolute Gasteiger partial charge is 0.493 e. The quantitative estimate of drug-likeness (QED) is 0.424. The molecule has 0 unspecified atom stereocenters. The Balaban J connectivity index is 1.23. The normalized spacial score (nSPS) is 22.1. The average molecular weight is 526 g/mol. The van der Waals surface area contributed by atoms with Gasteiger partial charge < -0.3 is 18.9 Å². The van der Waals surface area contributed by atoms with E-state index >= 15 is 0 Å². The number of nitrogens with zero attached hydrogens (tertiary/aromatic N) is 3. The molecule has 1 aromatic carbocycles. The molecule has 2 aromatic rings. The number of likely N-dealkylation sites (tertiary alicyclic amines) is 1. The van der Waals surface area contributed by atoms with Gasteiger partial charge in [-0.05, 0) is 42.2 Å². The summed E-state index contributed by atoms with van der Waals surface area (Å²) in [5.74, 6) is 1.42. The first-order valence-electron chi connectivity index (χ1n) is 11.8. The van der Waals surface area contributed by atoms with Gasteiger partial charge in [0.2, 0.25) is 5.91 Å². The molecule has 2 atom stereocenters. The number of thiocarbonyl (C=S) groups is 1. The molecule has 1 aromatic heterocycles. The Morgan fingerprint density at radius 2 is 1.92 bits per heavy atom. The fourth-order valence-electron chi connectivity index (χ4n) is 5.25. The predicted octanol–water partition coefficient (Wildman–Crippen LogP) is 3.10. The van der Waals surface area contributed by atoms with Crippen LogP contribution in [0.25, 0.3) is 6.08 Å². The Morgan fingerprint density at radius 3 is 2.69 bits per heavy atom. The number of piperidine rings is 1. The van der Waals surface area contributed by atoms with Gasteiger partial charge in [-0.1, -0.05) is 36.1 Å². The summed E-state index contributed by atoms with van der Waals surface area (Å²) in [5, 5.41) is 0. The van der Waals surface area contributed by atoms with Gasteiger partial charge in [0, 0.05) is 50.3 Å². The molecule has 3 aliphatic heterocycles. The summed E-state index contributed by atoms with van der Waals surface area (Å²) in [6, 6.07) is 10.8. The highest BCUT2D eigenvalue weighted by Gasteiger charge is 2.37. The molecule has 2 amide bonds. The first kappa shape index (κ1) is 24.6. The van der Waals surface area contributed by atoms with E-state index in [0.29, 0.717) is 40.4 Å². The first-order valence-corrected chi connectivity index (χ1v) is 13.1. The molecule has 4 heterocycles. The molecule has 36 heavy (non-hydrogen) atoms. The van der Waals surface area contributed by atoms with E-state index in [9.17, 15) is 14.4 Å². The van der Waals surface area contributed by atoms with E-state index in [0.717, 1.165) is 17.7 Å². The smallest absolute Gasteiger partial charge is 0.266 e. The van der Waals surface area contributed by atoms with Crippen molar-refractivity contribution in [3.05, 3.63) is 62.9 Å². The van der Waals surface area contributed by atoms with E-state index in [4.69, 9.17) is 21.7 Å². The van der Waals surface area contributed by atoms with Crippen LogP contribution in [0.15, 0.2) is 46.1 Å². The van der Waals surface area contributed by atoms with E-state index in [2.05, 4.69) is 0 Å². The van der Waals surface area contributed by atoms with Crippen molar-refractivity contribution < 1.29 is 19.1 Å². The molecule has 0 saturated carbocycles. The van der Waals surface area contributed by atoms with Crippen molar-refractivity contribution in [3.8, 4) is 11.5 Å². The van der Waals surface area contributed by atoms with Crippen molar-refractivity contribution >= 4 is 46.2 Å². The van der Waals surface area contributed by atoms with Crippen LogP contribution in [-0.2, 0) is 16.1 Å². The predicted molar refractivity (Wildman–Crippen MR) is 142 cm³/mol. The maximum Gasteiger partial charge on any atom is 0.266 e. The number of carbonyl (C=O) groups is 2. The second kappa shape index (κ2) is 10.1. The maximum absolute atomic E-state index is 13.1. The second-order valence-electron chi connectivity index (χ2n) is 9.19. The van der Waals surface area contributed by atoms with Crippen LogP contribution in [0.4, 0.5) is 0 Å². The number of amides is 2. The highest BCUT2D eigenvalue weighted by Crippen LogP contribution is 2.36. The number of carbonyl (C=O) groups excluding carboxylic acids is 2. The number of thioether (sulfide) groups is 1. The Morgan fingerprint density at radius 1 is 1.11 bits per heavy atom. The van der Waals surface area contributed by atoms with Crippen LogP contribution in [0, 0.1) is 5.92 Å². The van der Waals surface area contributed by atoms with Crippen molar-refractivity contribution in [2.75, 3.05) is 33.9 Å². The average Bonchev–Trinajstić information content (AvgIpc) is 3.14. The molecule has 8 nitrogen and oxygen atoms in total. The van der Waals surface area contributed by atoms with E-state index < -0.39 is 0 Å². The summed E-state index contributed by atoms with van der Waals surface area (Å²) in [7, 11) is 3.13. The summed E-state index contributed by atoms with van der Waals surface area (Å²) < 4.78 is 12.9. The molecule has 0 spiro atoms. The lowest BCUT2D eigenvalue weighted by atomic mass is 9.83. The SMILES string of the molecule is COc1ccc(/C=C2/SC(=S)N(CCC(=O)N3C[C@@H]4C[C@H](C3)c3cccc(=O)n3C4)C2=O)cc1OC. The van der Waals surface area contributed by atoms with Crippen molar-refractivity contribution in [2.45, 2.75) is 25.3 Å². The molecule has 0 aliphatic carbocycles. The molecule has 0 radical (unpaired) electrons. The zero-order chi connectivity index (χ0) is 25.4. The lowest BCUT2D eigenvalue weighted by Gasteiger charge is -2.42. The Kier molecular flexibility index (Phi) is 6.90. The zero-order valence-corrected chi connectivity index (χ0v) is 21.8. The minimum absolute atomic E-state index is 0.00866. The van der Waals surface area contributed by atoms with Crippen LogP contribution < -0.4 is 15.0 Å². The highest BCUT2D eigenvalue weighted by molar-refractivity contribution is 8.26. The Hall–Kier alpha value is -3.11. The number of rotatable bonds is 6. The number of ether oxygens (including phenoxy) is 2. The van der Waals surface area contributed by atoms with Crippen molar-refractivity contribution in [1.82, 2.24) is 14.4 Å². The first-order chi connectivity index (χ1) is 17.4. The number of hydrogen-bond donors (Lipinski definition) is 0. The number of pyridine rings is 1. The highest BCUT2D eigenvalue weighted by atomic mass is 32.2. The van der Waals surface area contributed by atoms with Gasteiger partial charge >= 0.3 is 0 Å². The molecule has 2 bridgehead atoms. The molecule has 2 saturated heterocycles. The standard InChI is InChI=1S/C26H27N3O5S2/c1-33-20-7-6-16(11-21(20)34-2)12-22-25(32)28(26(35)36-22)9-8-23(30)27-13-17-10-18(15-27)19-4-3-5-24(31)29(19)14-17/h3-7,11-12,17-18H,8-10,13-15H2,1-2H3/b22-12+/t17-,18+/m0/s1. The third-order valence-electron chi connectivity index (χ3n) is 6.96. The number of methoxy groups -OCH3 is 2. The summed E-state index contributed by atoms with van der Waals surface area (Å²) in [4.78, 5) is 42.3. The van der Waals surface area contributed by atoms with E-state index in [1.807, 2.05) is 21.6 Å². The fraction of sp³-hybridized carbons (Fsp3) is 0.385. The van der Waals surface area contributed by atoms with Crippen LogP contribution in [-0.4, -0.2) is 64.4 Å². The van der Waals surface area contributed by atoms with Crippen molar-refractivity contribution in [2.24, 2.45) is 5.92 Å². The third-order valence-corrected chi connectivity index (χ3v) is 8.34. The third kappa shape index (κ3) is 4.67. The molecule has 3 aliphatic rings. The van der Waals surface area contributed by atoms with Gasteiger partial charge in [0.25, 0.3) is 11.5 Å². The maximum atomic E-state index is 13.1. The lowest BCUT2D eigenvalue weighted by Crippen LogP contribution is -2.49.